The van der Waals surface area contributed by atoms with E-state index in [0.717, 1.165) is 0 Å². The SMILES string of the molecule is O=C(O)C(=O)c1cc(Br)cc(OCC2CCC2)c1. The topological polar surface area (TPSA) is 63.6 Å². The van der Waals surface area contributed by atoms with Crippen LogP contribution in [0.15, 0.2) is 22.7 Å². The lowest BCUT2D eigenvalue weighted by Crippen LogP contribution is -2.19. The highest BCUT2D eigenvalue weighted by molar-refractivity contribution is 9.10. The van der Waals surface area contributed by atoms with E-state index in [4.69, 9.17) is 9.84 Å². The number of ketones is 1. The molecule has 1 aromatic carbocycles. The molecule has 18 heavy (non-hydrogen) atoms. The summed E-state index contributed by atoms with van der Waals surface area (Å²) in [5.74, 6) is -1.27. The molecule has 4 nitrogen and oxygen atoms in total. The number of carboxylic acid groups (broad SMARTS) is 1. The van der Waals surface area contributed by atoms with Crippen LogP contribution in [0.4, 0.5) is 0 Å². The lowest BCUT2D eigenvalue weighted by Gasteiger charge is -2.25. The van der Waals surface area contributed by atoms with Gasteiger partial charge in [0.2, 0.25) is 0 Å². The van der Waals surface area contributed by atoms with Crippen molar-refractivity contribution in [2.45, 2.75) is 19.3 Å². The first-order valence-corrected chi connectivity index (χ1v) is 6.56. The first-order chi connectivity index (χ1) is 8.56. The number of benzene rings is 1. The summed E-state index contributed by atoms with van der Waals surface area (Å²) in [6, 6.07) is 4.68. The van der Waals surface area contributed by atoms with Crippen LogP contribution in [-0.2, 0) is 4.79 Å². The Balaban J connectivity index is 2.09. The van der Waals surface area contributed by atoms with Crippen LogP contribution < -0.4 is 4.74 Å². The maximum Gasteiger partial charge on any atom is 0.377 e. The first kappa shape index (κ1) is 13.1. The predicted octanol–water partition coefficient (Wildman–Crippen LogP) is 2.90. The Hall–Kier alpha value is -1.36. The third-order valence-electron chi connectivity index (χ3n) is 3.04. The number of halogens is 1. The molecule has 1 saturated carbocycles. The highest BCUT2D eigenvalue weighted by atomic mass is 79.9. The lowest BCUT2D eigenvalue weighted by atomic mass is 9.86. The van der Waals surface area contributed by atoms with Gasteiger partial charge in [-0.25, -0.2) is 4.79 Å². The van der Waals surface area contributed by atoms with Crippen LogP contribution in [0, 0.1) is 5.92 Å². The molecule has 0 heterocycles. The number of aliphatic carboxylic acids is 1. The van der Waals surface area contributed by atoms with E-state index in [1.807, 2.05) is 0 Å². The third-order valence-corrected chi connectivity index (χ3v) is 3.50. The van der Waals surface area contributed by atoms with Gasteiger partial charge in [-0.05, 0) is 37.0 Å². The van der Waals surface area contributed by atoms with Gasteiger partial charge in [0.05, 0.1) is 6.61 Å². The number of carbonyl (C=O) groups excluding carboxylic acids is 1. The molecule has 0 atom stereocenters. The Bertz CT molecular complexity index is 480. The van der Waals surface area contributed by atoms with Gasteiger partial charge in [0.1, 0.15) is 5.75 Å². The minimum atomic E-state index is -1.46. The second-order valence-electron chi connectivity index (χ2n) is 4.42. The smallest absolute Gasteiger partial charge is 0.377 e. The molecule has 0 radical (unpaired) electrons. The molecule has 0 saturated heterocycles. The molecule has 0 aromatic heterocycles. The lowest BCUT2D eigenvalue weighted by molar-refractivity contribution is -0.131. The maximum absolute atomic E-state index is 11.4. The van der Waals surface area contributed by atoms with E-state index < -0.39 is 11.8 Å². The molecule has 1 aliphatic rings. The fourth-order valence-electron chi connectivity index (χ4n) is 1.77. The molecule has 0 unspecified atom stereocenters. The van der Waals surface area contributed by atoms with Crippen molar-refractivity contribution >= 4 is 27.7 Å². The summed E-state index contributed by atoms with van der Waals surface area (Å²) in [5.41, 5.74) is 0.125. The molecule has 1 aliphatic carbocycles. The molecule has 0 amide bonds. The fraction of sp³-hybridized carbons (Fsp3) is 0.385. The number of hydrogen-bond acceptors (Lipinski definition) is 3. The molecule has 0 bridgehead atoms. The summed E-state index contributed by atoms with van der Waals surface area (Å²) < 4.78 is 6.22. The van der Waals surface area contributed by atoms with E-state index in [2.05, 4.69) is 15.9 Å². The van der Waals surface area contributed by atoms with Crippen LogP contribution >= 0.6 is 15.9 Å². The van der Waals surface area contributed by atoms with E-state index in [9.17, 15) is 9.59 Å². The van der Waals surface area contributed by atoms with Crippen molar-refractivity contribution in [1.29, 1.82) is 0 Å². The first-order valence-electron chi connectivity index (χ1n) is 5.77. The van der Waals surface area contributed by atoms with Crippen LogP contribution in [0.2, 0.25) is 0 Å². The maximum atomic E-state index is 11.4. The van der Waals surface area contributed by atoms with Gasteiger partial charge in [-0.1, -0.05) is 22.4 Å². The Morgan fingerprint density at radius 3 is 2.61 bits per heavy atom. The number of Topliss-reactive ketones (excluding diaryl/α,β-unsaturated/α-hetero) is 1. The minimum absolute atomic E-state index is 0.125. The summed E-state index contributed by atoms with van der Waals surface area (Å²) in [5, 5.41) is 8.68. The molecule has 1 N–H and O–H groups in total. The Labute approximate surface area is 113 Å². The van der Waals surface area contributed by atoms with Crippen molar-refractivity contribution in [3.63, 3.8) is 0 Å². The van der Waals surface area contributed by atoms with Crippen LogP contribution in [0.3, 0.4) is 0 Å². The van der Waals surface area contributed by atoms with Crippen molar-refractivity contribution < 1.29 is 19.4 Å². The summed E-state index contributed by atoms with van der Waals surface area (Å²) in [7, 11) is 0. The number of hydrogen-bond donors (Lipinski definition) is 1. The van der Waals surface area contributed by atoms with Crippen molar-refractivity contribution in [3.05, 3.63) is 28.2 Å². The molecular formula is C13H13BrO4. The highest BCUT2D eigenvalue weighted by Crippen LogP contribution is 2.28. The van der Waals surface area contributed by atoms with Gasteiger partial charge in [0.15, 0.2) is 0 Å². The van der Waals surface area contributed by atoms with Crippen LogP contribution in [0.25, 0.3) is 0 Å². The van der Waals surface area contributed by atoms with Crippen LogP contribution in [0.1, 0.15) is 29.6 Å². The van der Waals surface area contributed by atoms with Gasteiger partial charge >= 0.3 is 5.97 Å². The zero-order chi connectivity index (χ0) is 13.1. The largest absolute Gasteiger partial charge is 0.493 e. The van der Waals surface area contributed by atoms with Gasteiger partial charge in [-0.3, -0.25) is 4.79 Å². The standard InChI is InChI=1S/C13H13BrO4/c14-10-4-9(12(15)13(16)17)5-11(6-10)18-7-8-2-1-3-8/h4-6,8H,1-3,7H2,(H,16,17). The van der Waals surface area contributed by atoms with Gasteiger partial charge < -0.3 is 9.84 Å². The summed E-state index contributed by atoms with van der Waals surface area (Å²) in [4.78, 5) is 22.0. The molecular weight excluding hydrogens is 300 g/mol. The minimum Gasteiger partial charge on any atom is -0.493 e. The van der Waals surface area contributed by atoms with E-state index >= 15 is 0 Å². The molecule has 0 aliphatic heterocycles. The molecule has 0 spiro atoms. The third kappa shape index (κ3) is 3.10. The number of carboxylic acids is 1. The molecule has 1 fully saturated rings. The number of ether oxygens (including phenoxy) is 1. The van der Waals surface area contributed by atoms with Crippen molar-refractivity contribution in [3.8, 4) is 5.75 Å². The van der Waals surface area contributed by atoms with Gasteiger partial charge in [0, 0.05) is 10.0 Å². The summed E-state index contributed by atoms with van der Waals surface area (Å²) >= 11 is 3.24. The number of rotatable bonds is 5. The van der Waals surface area contributed by atoms with E-state index in [1.54, 1.807) is 6.07 Å². The van der Waals surface area contributed by atoms with Gasteiger partial charge in [-0.2, -0.15) is 0 Å². The molecule has 2 rings (SSSR count). The Morgan fingerprint density at radius 2 is 2.06 bits per heavy atom. The van der Waals surface area contributed by atoms with E-state index in [-0.39, 0.29) is 5.56 Å². The van der Waals surface area contributed by atoms with E-state index in [1.165, 1.54) is 31.4 Å². The van der Waals surface area contributed by atoms with Gasteiger partial charge in [0.25, 0.3) is 5.78 Å². The van der Waals surface area contributed by atoms with Crippen LogP contribution in [0.5, 0.6) is 5.75 Å². The second-order valence-corrected chi connectivity index (χ2v) is 5.33. The molecule has 5 heteroatoms. The zero-order valence-corrected chi connectivity index (χ0v) is 11.3. The quantitative estimate of drug-likeness (QED) is 0.670. The van der Waals surface area contributed by atoms with E-state index in [0.29, 0.717) is 22.7 Å². The highest BCUT2D eigenvalue weighted by Gasteiger charge is 2.19. The Morgan fingerprint density at radius 1 is 1.33 bits per heavy atom. The van der Waals surface area contributed by atoms with Gasteiger partial charge in [-0.15, -0.1) is 0 Å². The summed E-state index contributed by atoms with van der Waals surface area (Å²) in [6.07, 6.45) is 3.60. The average Bonchev–Trinajstić information content (AvgIpc) is 2.25. The van der Waals surface area contributed by atoms with Crippen molar-refractivity contribution in [2.75, 3.05) is 6.61 Å². The Kier molecular flexibility index (Phi) is 4.01. The average molecular weight is 313 g/mol. The fourth-order valence-corrected chi connectivity index (χ4v) is 2.25. The zero-order valence-electron chi connectivity index (χ0n) is 9.69. The number of carbonyl (C=O) groups is 2. The normalized spacial score (nSPS) is 14.9. The summed E-state index contributed by atoms with van der Waals surface area (Å²) in [6.45, 7) is 0.622. The monoisotopic (exact) mass is 312 g/mol. The molecule has 1 aromatic rings. The predicted molar refractivity (Wildman–Crippen MR) is 68.9 cm³/mol. The van der Waals surface area contributed by atoms with Crippen molar-refractivity contribution in [2.24, 2.45) is 5.92 Å². The van der Waals surface area contributed by atoms with Crippen molar-refractivity contribution in [1.82, 2.24) is 0 Å². The second kappa shape index (κ2) is 5.52. The molecule has 96 valence electrons. The van der Waals surface area contributed by atoms with Crippen LogP contribution in [-0.4, -0.2) is 23.5 Å².